The molecule has 0 atom stereocenters. The number of alkyl halides is 1. The highest BCUT2D eigenvalue weighted by molar-refractivity contribution is 9.09. The van der Waals surface area contributed by atoms with Gasteiger partial charge in [0.05, 0.1) is 0 Å². The number of rotatable bonds is 6. The monoisotopic (exact) mass is 328 g/mol. The number of carbonyl (C=O) groups is 1. The summed E-state index contributed by atoms with van der Waals surface area (Å²) in [7, 11) is 0. The standard InChI is InChI=1S/C14H21BrN2O2/c1-4-11(5-2)17(7-6-15)14(19)12-9-16-10(3)8-13(12)18/h8-9,11H,4-7H2,1-3H3,(H,16,18). The first-order valence-electron chi connectivity index (χ1n) is 6.61. The summed E-state index contributed by atoms with van der Waals surface area (Å²) in [5.41, 5.74) is 0.765. The topological polar surface area (TPSA) is 53.2 Å². The van der Waals surface area contributed by atoms with E-state index in [-0.39, 0.29) is 22.9 Å². The highest BCUT2D eigenvalue weighted by atomic mass is 79.9. The fourth-order valence-corrected chi connectivity index (χ4v) is 2.55. The van der Waals surface area contributed by atoms with Gasteiger partial charge in [-0.2, -0.15) is 0 Å². The Morgan fingerprint density at radius 2 is 2.05 bits per heavy atom. The highest BCUT2D eigenvalue weighted by Gasteiger charge is 2.23. The van der Waals surface area contributed by atoms with Gasteiger partial charge in [-0.15, -0.1) is 0 Å². The lowest BCUT2D eigenvalue weighted by Gasteiger charge is -2.29. The normalized spacial score (nSPS) is 10.8. The Hall–Kier alpha value is -1.10. The summed E-state index contributed by atoms with van der Waals surface area (Å²) in [5.74, 6) is -0.186. The molecule has 1 aromatic heterocycles. The quantitative estimate of drug-likeness (QED) is 0.816. The minimum Gasteiger partial charge on any atom is -0.364 e. The smallest absolute Gasteiger partial charge is 0.259 e. The second-order valence-corrected chi connectivity index (χ2v) is 5.34. The number of carbonyl (C=O) groups excluding carboxylic acids is 1. The molecule has 0 aliphatic heterocycles. The third-order valence-corrected chi connectivity index (χ3v) is 3.61. The van der Waals surface area contributed by atoms with E-state index in [2.05, 4.69) is 34.8 Å². The lowest BCUT2D eigenvalue weighted by molar-refractivity contribution is 0.0681. The fraction of sp³-hybridized carbons (Fsp3) is 0.571. The minimum atomic E-state index is -0.216. The van der Waals surface area contributed by atoms with Crippen molar-refractivity contribution in [2.45, 2.75) is 39.7 Å². The molecule has 0 saturated heterocycles. The average Bonchev–Trinajstić information content (AvgIpc) is 2.38. The highest BCUT2D eigenvalue weighted by Crippen LogP contribution is 2.12. The van der Waals surface area contributed by atoms with Crippen LogP contribution in [0.2, 0.25) is 0 Å². The molecule has 5 heteroatoms. The maximum absolute atomic E-state index is 12.5. The van der Waals surface area contributed by atoms with Gasteiger partial charge < -0.3 is 9.88 Å². The van der Waals surface area contributed by atoms with Crippen molar-refractivity contribution in [1.82, 2.24) is 9.88 Å². The molecule has 1 aromatic rings. The molecule has 0 unspecified atom stereocenters. The Kier molecular flexibility index (Phi) is 6.28. The Morgan fingerprint density at radius 1 is 1.42 bits per heavy atom. The van der Waals surface area contributed by atoms with Crippen LogP contribution in [-0.4, -0.2) is 33.7 Å². The van der Waals surface area contributed by atoms with Gasteiger partial charge >= 0.3 is 0 Å². The second-order valence-electron chi connectivity index (χ2n) is 4.55. The Bertz CT molecular complexity index is 481. The van der Waals surface area contributed by atoms with Gasteiger partial charge in [0.1, 0.15) is 5.56 Å². The number of aromatic nitrogens is 1. The Balaban J connectivity index is 3.08. The van der Waals surface area contributed by atoms with Crippen molar-refractivity contribution in [3.05, 3.63) is 33.7 Å². The van der Waals surface area contributed by atoms with Crippen LogP contribution in [0.25, 0.3) is 0 Å². The maximum atomic E-state index is 12.5. The molecule has 0 radical (unpaired) electrons. The Morgan fingerprint density at radius 3 is 2.53 bits per heavy atom. The molecular weight excluding hydrogens is 308 g/mol. The van der Waals surface area contributed by atoms with Gasteiger partial charge in [0.2, 0.25) is 0 Å². The first kappa shape index (κ1) is 16.0. The lowest BCUT2D eigenvalue weighted by atomic mass is 10.1. The largest absolute Gasteiger partial charge is 0.364 e. The molecule has 4 nitrogen and oxygen atoms in total. The summed E-state index contributed by atoms with van der Waals surface area (Å²) < 4.78 is 0. The fourth-order valence-electron chi connectivity index (χ4n) is 2.17. The average molecular weight is 329 g/mol. The van der Waals surface area contributed by atoms with Crippen molar-refractivity contribution >= 4 is 21.8 Å². The number of halogens is 1. The van der Waals surface area contributed by atoms with E-state index in [1.165, 1.54) is 12.3 Å². The van der Waals surface area contributed by atoms with Gasteiger partial charge in [-0.25, -0.2) is 0 Å². The van der Waals surface area contributed by atoms with Crippen molar-refractivity contribution in [2.75, 3.05) is 11.9 Å². The summed E-state index contributed by atoms with van der Waals surface area (Å²) in [4.78, 5) is 29.1. The Labute approximate surface area is 122 Å². The van der Waals surface area contributed by atoms with E-state index in [9.17, 15) is 9.59 Å². The molecule has 1 N–H and O–H groups in total. The molecule has 0 aliphatic rings. The predicted octanol–water partition coefficient (Wildman–Crippen LogP) is 2.71. The molecule has 0 fully saturated rings. The number of H-pyrrole nitrogens is 1. The number of aryl methyl sites for hydroxylation is 1. The van der Waals surface area contributed by atoms with E-state index < -0.39 is 0 Å². The van der Waals surface area contributed by atoms with Crippen LogP contribution in [0, 0.1) is 6.92 Å². The number of pyridine rings is 1. The molecule has 1 amide bonds. The van der Waals surface area contributed by atoms with Crippen molar-refractivity contribution in [2.24, 2.45) is 0 Å². The summed E-state index contributed by atoms with van der Waals surface area (Å²) in [6.45, 7) is 6.52. The number of nitrogens with one attached hydrogen (secondary N) is 1. The molecule has 106 valence electrons. The van der Waals surface area contributed by atoms with Crippen LogP contribution in [0.1, 0.15) is 42.7 Å². The number of hydrogen-bond acceptors (Lipinski definition) is 2. The van der Waals surface area contributed by atoms with E-state index in [4.69, 9.17) is 0 Å². The third-order valence-electron chi connectivity index (χ3n) is 3.26. The predicted molar refractivity (Wildman–Crippen MR) is 81.0 cm³/mol. The molecule has 0 saturated carbocycles. The molecule has 1 rings (SSSR count). The van der Waals surface area contributed by atoms with E-state index in [1.54, 1.807) is 11.8 Å². The third kappa shape index (κ3) is 3.93. The zero-order valence-corrected chi connectivity index (χ0v) is 13.3. The van der Waals surface area contributed by atoms with Gasteiger partial charge in [0.15, 0.2) is 5.43 Å². The van der Waals surface area contributed by atoms with Crippen molar-refractivity contribution in [3.63, 3.8) is 0 Å². The van der Waals surface area contributed by atoms with E-state index in [1.807, 2.05) is 0 Å². The van der Waals surface area contributed by atoms with Crippen molar-refractivity contribution in [1.29, 1.82) is 0 Å². The molecule has 0 bridgehead atoms. The lowest BCUT2D eigenvalue weighted by Crippen LogP contribution is -2.42. The van der Waals surface area contributed by atoms with Gasteiger partial charge in [-0.05, 0) is 19.8 Å². The van der Waals surface area contributed by atoms with Crippen molar-refractivity contribution < 1.29 is 4.79 Å². The molecule has 0 aromatic carbocycles. The molecule has 0 aliphatic carbocycles. The summed E-state index contributed by atoms with van der Waals surface area (Å²) in [6.07, 6.45) is 3.29. The van der Waals surface area contributed by atoms with Crippen LogP contribution in [0.15, 0.2) is 17.1 Å². The van der Waals surface area contributed by atoms with Gasteiger partial charge in [-0.1, -0.05) is 29.8 Å². The van der Waals surface area contributed by atoms with Crippen LogP contribution in [0.3, 0.4) is 0 Å². The molecule has 19 heavy (non-hydrogen) atoms. The zero-order valence-electron chi connectivity index (χ0n) is 11.7. The van der Waals surface area contributed by atoms with Crippen molar-refractivity contribution in [3.8, 4) is 0 Å². The summed E-state index contributed by atoms with van der Waals surface area (Å²) >= 11 is 3.37. The van der Waals surface area contributed by atoms with Gasteiger partial charge in [-0.3, -0.25) is 9.59 Å². The van der Waals surface area contributed by atoms with Crippen LogP contribution < -0.4 is 5.43 Å². The number of nitrogens with zero attached hydrogens (tertiary/aromatic N) is 1. The van der Waals surface area contributed by atoms with E-state index in [0.29, 0.717) is 11.9 Å². The second kappa shape index (κ2) is 7.48. The molecule has 1 heterocycles. The summed E-state index contributed by atoms with van der Waals surface area (Å²) in [6, 6.07) is 1.64. The van der Waals surface area contributed by atoms with E-state index in [0.717, 1.165) is 18.5 Å². The molecular formula is C14H21BrN2O2. The minimum absolute atomic E-state index is 0.172. The van der Waals surface area contributed by atoms with Crippen LogP contribution >= 0.6 is 15.9 Å². The number of amides is 1. The maximum Gasteiger partial charge on any atom is 0.259 e. The molecule has 0 spiro atoms. The van der Waals surface area contributed by atoms with Gasteiger partial charge in [0, 0.05) is 35.9 Å². The zero-order chi connectivity index (χ0) is 14.4. The SMILES string of the molecule is CCC(CC)N(CCBr)C(=O)c1c[nH]c(C)cc1=O. The number of aromatic amines is 1. The first-order chi connectivity index (χ1) is 9.04. The van der Waals surface area contributed by atoms with Gasteiger partial charge in [0.25, 0.3) is 5.91 Å². The summed E-state index contributed by atoms with van der Waals surface area (Å²) in [5, 5.41) is 0.707. The van der Waals surface area contributed by atoms with E-state index >= 15 is 0 Å². The number of hydrogen-bond donors (Lipinski definition) is 1. The van der Waals surface area contributed by atoms with Crippen LogP contribution in [0.5, 0.6) is 0 Å². The van der Waals surface area contributed by atoms with Crippen LogP contribution in [0.4, 0.5) is 0 Å². The first-order valence-corrected chi connectivity index (χ1v) is 7.73. The van der Waals surface area contributed by atoms with Crippen LogP contribution in [-0.2, 0) is 0 Å².